The Balaban J connectivity index is 1.91. The summed E-state index contributed by atoms with van der Waals surface area (Å²) in [5.41, 5.74) is 0. The van der Waals surface area contributed by atoms with Crippen LogP contribution >= 0.6 is 0 Å². The number of nitrogens with one attached hydrogen (secondary N) is 2. The molecule has 2 N–H and O–H groups in total. The molecule has 2 unspecified atom stereocenters. The topological polar surface area (TPSA) is 61.4 Å². The van der Waals surface area contributed by atoms with Crippen molar-refractivity contribution in [3.8, 4) is 0 Å². The second-order valence-electron chi connectivity index (χ2n) is 4.66. The first-order chi connectivity index (χ1) is 7.66. The average molecular weight is 225 g/mol. The van der Waals surface area contributed by atoms with Gasteiger partial charge < -0.3 is 5.32 Å². The lowest BCUT2D eigenvalue weighted by molar-refractivity contribution is -0.139. The molecule has 2 heterocycles. The van der Waals surface area contributed by atoms with Gasteiger partial charge in [0.1, 0.15) is 0 Å². The Morgan fingerprint density at radius 2 is 2.19 bits per heavy atom. The fourth-order valence-electron chi connectivity index (χ4n) is 2.35. The van der Waals surface area contributed by atoms with Crippen molar-refractivity contribution in [2.75, 3.05) is 19.6 Å². The number of amides is 2. The van der Waals surface area contributed by atoms with Crippen LogP contribution in [0.1, 0.15) is 26.2 Å². The molecular weight excluding hydrogens is 206 g/mol. The van der Waals surface area contributed by atoms with Crippen molar-refractivity contribution in [1.29, 1.82) is 0 Å². The molecule has 0 aliphatic carbocycles. The van der Waals surface area contributed by atoms with E-state index in [-0.39, 0.29) is 17.9 Å². The van der Waals surface area contributed by atoms with Crippen LogP contribution in [-0.2, 0) is 9.59 Å². The van der Waals surface area contributed by atoms with Gasteiger partial charge >= 0.3 is 0 Å². The highest BCUT2D eigenvalue weighted by Crippen LogP contribution is 2.11. The van der Waals surface area contributed by atoms with E-state index in [1.165, 1.54) is 12.8 Å². The van der Waals surface area contributed by atoms with Gasteiger partial charge in [-0.15, -0.1) is 0 Å². The summed E-state index contributed by atoms with van der Waals surface area (Å²) in [5.74, 6) is -0.356. The van der Waals surface area contributed by atoms with Gasteiger partial charge in [0.2, 0.25) is 11.8 Å². The minimum atomic E-state index is -0.193. The predicted molar refractivity (Wildman–Crippen MR) is 59.8 cm³/mol. The molecular formula is C11H19N3O2. The fraction of sp³-hybridized carbons (Fsp3) is 0.818. The third-order valence-electron chi connectivity index (χ3n) is 3.40. The number of piperidine rings is 1. The standard InChI is InChI=1S/C11H19N3O2/c1-8-11(16)13-10(15)7-14(8)6-9-4-2-3-5-12-9/h8-9,12H,2-7H2,1H3,(H,13,15,16). The van der Waals surface area contributed by atoms with Crippen LogP contribution in [0.4, 0.5) is 0 Å². The van der Waals surface area contributed by atoms with E-state index in [0.29, 0.717) is 12.6 Å². The van der Waals surface area contributed by atoms with Crippen molar-refractivity contribution in [1.82, 2.24) is 15.5 Å². The lowest BCUT2D eigenvalue weighted by atomic mass is 10.0. The van der Waals surface area contributed by atoms with Crippen molar-refractivity contribution in [3.63, 3.8) is 0 Å². The summed E-state index contributed by atoms with van der Waals surface area (Å²) in [6, 6.07) is 0.233. The van der Waals surface area contributed by atoms with Crippen molar-refractivity contribution < 1.29 is 9.59 Å². The van der Waals surface area contributed by atoms with Gasteiger partial charge in [-0.25, -0.2) is 0 Å². The molecule has 0 bridgehead atoms. The minimum Gasteiger partial charge on any atom is -0.313 e. The van der Waals surface area contributed by atoms with E-state index in [1.54, 1.807) is 0 Å². The zero-order valence-electron chi connectivity index (χ0n) is 9.66. The molecule has 5 heteroatoms. The summed E-state index contributed by atoms with van der Waals surface area (Å²) in [6.45, 7) is 4.03. The number of hydrogen-bond acceptors (Lipinski definition) is 4. The molecule has 2 aliphatic heterocycles. The number of imide groups is 1. The first-order valence-corrected chi connectivity index (χ1v) is 5.98. The van der Waals surface area contributed by atoms with Gasteiger partial charge in [-0.3, -0.25) is 19.8 Å². The zero-order valence-corrected chi connectivity index (χ0v) is 9.66. The van der Waals surface area contributed by atoms with Crippen LogP contribution in [0.15, 0.2) is 0 Å². The smallest absolute Gasteiger partial charge is 0.243 e. The highest BCUT2D eigenvalue weighted by Gasteiger charge is 2.31. The first kappa shape index (κ1) is 11.5. The summed E-state index contributed by atoms with van der Waals surface area (Å²) >= 11 is 0. The maximum Gasteiger partial charge on any atom is 0.243 e. The van der Waals surface area contributed by atoms with Crippen molar-refractivity contribution >= 4 is 11.8 Å². The SMILES string of the molecule is CC1C(=O)NC(=O)CN1CC1CCCCN1. The largest absolute Gasteiger partial charge is 0.313 e. The quantitative estimate of drug-likeness (QED) is 0.621. The zero-order chi connectivity index (χ0) is 11.5. The van der Waals surface area contributed by atoms with Crippen LogP contribution < -0.4 is 10.6 Å². The van der Waals surface area contributed by atoms with Crippen LogP contribution in [0.3, 0.4) is 0 Å². The molecule has 2 rings (SSSR count). The fourth-order valence-corrected chi connectivity index (χ4v) is 2.35. The molecule has 90 valence electrons. The molecule has 0 saturated carbocycles. The van der Waals surface area contributed by atoms with Crippen molar-refractivity contribution in [2.24, 2.45) is 0 Å². The number of piperazine rings is 1. The number of carbonyl (C=O) groups excluding carboxylic acids is 2. The van der Waals surface area contributed by atoms with E-state index in [2.05, 4.69) is 10.6 Å². The van der Waals surface area contributed by atoms with E-state index in [1.807, 2.05) is 11.8 Å². The summed E-state index contributed by atoms with van der Waals surface area (Å²) in [7, 11) is 0. The Hall–Kier alpha value is -0.940. The second kappa shape index (κ2) is 4.93. The Bertz CT molecular complexity index is 287. The summed E-state index contributed by atoms with van der Waals surface area (Å²) in [6.07, 6.45) is 3.60. The number of nitrogens with zero attached hydrogens (tertiary/aromatic N) is 1. The van der Waals surface area contributed by atoms with Gasteiger partial charge in [0, 0.05) is 12.6 Å². The molecule has 2 fully saturated rings. The van der Waals surface area contributed by atoms with Gasteiger partial charge in [0.15, 0.2) is 0 Å². The maximum atomic E-state index is 11.5. The third kappa shape index (κ3) is 2.59. The van der Waals surface area contributed by atoms with Gasteiger partial charge in [-0.1, -0.05) is 6.42 Å². The second-order valence-corrected chi connectivity index (χ2v) is 4.66. The lowest BCUT2D eigenvalue weighted by Gasteiger charge is -2.35. The lowest BCUT2D eigenvalue weighted by Crippen LogP contribution is -2.59. The summed E-state index contributed by atoms with van der Waals surface area (Å²) < 4.78 is 0. The first-order valence-electron chi connectivity index (χ1n) is 5.98. The van der Waals surface area contributed by atoms with Crippen LogP contribution in [0.25, 0.3) is 0 Å². The molecule has 0 spiro atoms. The number of carbonyl (C=O) groups is 2. The highest BCUT2D eigenvalue weighted by atomic mass is 16.2. The molecule has 16 heavy (non-hydrogen) atoms. The van der Waals surface area contributed by atoms with E-state index in [0.717, 1.165) is 19.5 Å². The van der Waals surface area contributed by atoms with Gasteiger partial charge in [-0.2, -0.15) is 0 Å². The molecule has 0 aromatic carbocycles. The van der Waals surface area contributed by atoms with Crippen LogP contribution in [0.2, 0.25) is 0 Å². The van der Waals surface area contributed by atoms with Crippen LogP contribution in [0, 0.1) is 0 Å². The van der Waals surface area contributed by atoms with Gasteiger partial charge in [0.25, 0.3) is 0 Å². The number of rotatable bonds is 2. The Morgan fingerprint density at radius 3 is 2.88 bits per heavy atom. The van der Waals surface area contributed by atoms with Crippen molar-refractivity contribution in [3.05, 3.63) is 0 Å². The molecule has 2 saturated heterocycles. The molecule has 2 amide bonds. The van der Waals surface area contributed by atoms with E-state index in [4.69, 9.17) is 0 Å². The molecule has 2 aliphatic rings. The summed E-state index contributed by atoms with van der Waals surface area (Å²) in [5, 5.41) is 5.79. The minimum absolute atomic E-state index is 0.174. The van der Waals surface area contributed by atoms with E-state index in [9.17, 15) is 9.59 Å². The van der Waals surface area contributed by atoms with E-state index < -0.39 is 0 Å². The van der Waals surface area contributed by atoms with Crippen LogP contribution in [0.5, 0.6) is 0 Å². The van der Waals surface area contributed by atoms with Gasteiger partial charge in [-0.05, 0) is 26.3 Å². The molecule has 5 nitrogen and oxygen atoms in total. The predicted octanol–water partition coefficient (Wildman–Crippen LogP) is -0.525. The van der Waals surface area contributed by atoms with Gasteiger partial charge in [0.05, 0.1) is 12.6 Å². The van der Waals surface area contributed by atoms with E-state index >= 15 is 0 Å². The molecule has 0 aromatic rings. The van der Waals surface area contributed by atoms with Crippen molar-refractivity contribution in [2.45, 2.75) is 38.3 Å². The maximum absolute atomic E-state index is 11.5. The number of hydrogen-bond donors (Lipinski definition) is 2. The highest BCUT2D eigenvalue weighted by molar-refractivity contribution is 6.00. The normalized spacial score (nSPS) is 32.6. The Labute approximate surface area is 95.6 Å². The summed E-state index contributed by atoms with van der Waals surface area (Å²) in [4.78, 5) is 24.7. The average Bonchev–Trinajstić information content (AvgIpc) is 2.27. The Kier molecular flexibility index (Phi) is 3.56. The monoisotopic (exact) mass is 225 g/mol. The third-order valence-corrected chi connectivity index (χ3v) is 3.40. The molecule has 2 atom stereocenters. The molecule has 0 aromatic heterocycles. The Morgan fingerprint density at radius 1 is 1.38 bits per heavy atom. The van der Waals surface area contributed by atoms with Crippen LogP contribution in [-0.4, -0.2) is 48.4 Å². The molecule has 0 radical (unpaired) electrons.